The zero-order chi connectivity index (χ0) is 19.1. The number of benzene rings is 2. The third kappa shape index (κ3) is 3.14. The van der Waals surface area contributed by atoms with Crippen LogP contribution in [0.3, 0.4) is 0 Å². The number of nitrogens with zero attached hydrogens (tertiary/aromatic N) is 1. The van der Waals surface area contributed by atoms with E-state index in [1.807, 2.05) is 0 Å². The molecule has 1 aliphatic rings. The van der Waals surface area contributed by atoms with Crippen molar-refractivity contribution in [2.75, 3.05) is 5.32 Å². The number of H-pyrrole nitrogens is 1. The lowest BCUT2D eigenvalue weighted by molar-refractivity contribution is 0.579. The fourth-order valence-electron chi connectivity index (χ4n) is 3.34. The van der Waals surface area contributed by atoms with Gasteiger partial charge in [-0.05, 0) is 42.7 Å². The third-order valence-electron chi connectivity index (χ3n) is 4.56. The second-order valence-corrected chi connectivity index (χ2v) is 6.34. The summed E-state index contributed by atoms with van der Waals surface area (Å²) in [4.78, 5) is 27.7. The molecule has 0 amide bonds. The van der Waals surface area contributed by atoms with Gasteiger partial charge in [-0.25, -0.2) is 22.5 Å². The van der Waals surface area contributed by atoms with Crippen LogP contribution in [0, 0.1) is 17.5 Å². The van der Waals surface area contributed by atoms with Gasteiger partial charge in [-0.1, -0.05) is 12.1 Å². The Bertz CT molecular complexity index is 1130. The Labute approximate surface area is 151 Å². The fourth-order valence-corrected chi connectivity index (χ4v) is 3.34. The standard InChI is InChI=1S/C19H14F3N3O2/c20-11-3-1-2-10(6-11)16-5-4-15-17(23-16)24-19(27)25(18(15)26)14-8-12(21)7-13(22)9-14/h1-3,6-9,16,23H,4-5H2,(H,24,27)/t16-/m1/s1. The second kappa shape index (κ2) is 6.46. The summed E-state index contributed by atoms with van der Waals surface area (Å²) < 4.78 is 41.1. The molecule has 0 spiro atoms. The smallest absolute Gasteiger partial charge is 0.334 e. The molecule has 2 N–H and O–H groups in total. The van der Waals surface area contributed by atoms with Gasteiger partial charge in [0, 0.05) is 6.07 Å². The number of aromatic nitrogens is 2. The maximum absolute atomic E-state index is 13.5. The number of anilines is 1. The highest BCUT2D eigenvalue weighted by Crippen LogP contribution is 2.29. The Morgan fingerprint density at radius 2 is 1.70 bits per heavy atom. The van der Waals surface area contributed by atoms with Crippen molar-refractivity contribution in [1.29, 1.82) is 0 Å². The summed E-state index contributed by atoms with van der Waals surface area (Å²) in [6, 6.07) is 8.27. The molecule has 1 atom stereocenters. The molecular weight excluding hydrogens is 359 g/mol. The lowest BCUT2D eigenvalue weighted by Gasteiger charge is -2.27. The predicted molar refractivity (Wildman–Crippen MR) is 93.7 cm³/mol. The van der Waals surface area contributed by atoms with Crippen LogP contribution < -0.4 is 16.6 Å². The summed E-state index contributed by atoms with van der Waals surface area (Å²) in [6.07, 6.45) is 0.812. The molecule has 4 rings (SSSR count). The number of hydrogen-bond acceptors (Lipinski definition) is 3. The molecule has 0 bridgehead atoms. The van der Waals surface area contributed by atoms with Crippen molar-refractivity contribution in [3.8, 4) is 5.69 Å². The maximum atomic E-state index is 13.5. The summed E-state index contributed by atoms with van der Waals surface area (Å²) in [7, 11) is 0. The van der Waals surface area contributed by atoms with E-state index < -0.39 is 22.9 Å². The van der Waals surface area contributed by atoms with Crippen LogP contribution in [-0.2, 0) is 6.42 Å². The highest BCUT2D eigenvalue weighted by Gasteiger charge is 2.24. The first-order valence-corrected chi connectivity index (χ1v) is 8.29. The molecule has 0 aliphatic carbocycles. The van der Waals surface area contributed by atoms with Gasteiger partial charge in [0.05, 0.1) is 17.3 Å². The van der Waals surface area contributed by atoms with Gasteiger partial charge in [0.15, 0.2) is 0 Å². The number of halogens is 3. The van der Waals surface area contributed by atoms with Crippen LogP contribution in [0.4, 0.5) is 19.0 Å². The molecule has 2 aromatic carbocycles. The van der Waals surface area contributed by atoms with Gasteiger partial charge in [-0.2, -0.15) is 0 Å². The molecule has 3 aromatic rings. The maximum Gasteiger partial charge on any atom is 0.334 e. The van der Waals surface area contributed by atoms with Gasteiger partial charge < -0.3 is 5.32 Å². The monoisotopic (exact) mass is 373 g/mol. The zero-order valence-corrected chi connectivity index (χ0v) is 13.9. The Morgan fingerprint density at radius 1 is 0.963 bits per heavy atom. The first-order chi connectivity index (χ1) is 12.9. The number of hydrogen-bond donors (Lipinski definition) is 2. The molecular formula is C19H14F3N3O2. The van der Waals surface area contributed by atoms with Crippen molar-refractivity contribution in [3.63, 3.8) is 0 Å². The van der Waals surface area contributed by atoms with E-state index in [9.17, 15) is 22.8 Å². The number of rotatable bonds is 2. The number of fused-ring (bicyclic) bond motifs is 1. The normalized spacial score (nSPS) is 15.9. The largest absolute Gasteiger partial charge is 0.364 e. The predicted octanol–water partition coefficient (Wildman–Crippen LogP) is 3.04. The van der Waals surface area contributed by atoms with Crippen molar-refractivity contribution in [3.05, 3.63) is 91.9 Å². The fraction of sp³-hybridized carbons (Fsp3) is 0.158. The minimum atomic E-state index is -0.890. The van der Waals surface area contributed by atoms with E-state index >= 15 is 0 Å². The SMILES string of the molecule is O=c1[nH]c2c(c(=O)n1-c1cc(F)cc(F)c1)CC[C@H](c1cccc(F)c1)N2. The van der Waals surface area contributed by atoms with E-state index in [0.29, 0.717) is 34.6 Å². The number of aromatic amines is 1. The quantitative estimate of drug-likeness (QED) is 0.726. The first kappa shape index (κ1) is 17.1. The Hall–Kier alpha value is -3.29. The molecule has 1 aliphatic heterocycles. The number of nitrogens with one attached hydrogen (secondary N) is 2. The second-order valence-electron chi connectivity index (χ2n) is 6.34. The van der Waals surface area contributed by atoms with Crippen LogP contribution in [0.1, 0.15) is 23.6 Å². The van der Waals surface area contributed by atoms with Gasteiger partial charge in [-0.15, -0.1) is 0 Å². The van der Waals surface area contributed by atoms with Crippen molar-refractivity contribution < 1.29 is 13.2 Å². The lowest BCUT2D eigenvalue weighted by Crippen LogP contribution is -2.39. The molecule has 0 fully saturated rings. The molecule has 1 aromatic heterocycles. The van der Waals surface area contributed by atoms with Crippen LogP contribution in [-0.4, -0.2) is 9.55 Å². The van der Waals surface area contributed by atoms with E-state index in [0.717, 1.165) is 12.1 Å². The molecule has 0 radical (unpaired) electrons. The van der Waals surface area contributed by atoms with E-state index in [4.69, 9.17) is 0 Å². The molecule has 0 saturated carbocycles. The molecule has 0 saturated heterocycles. The Morgan fingerprint density at radius 3 is 2.41 bits per heavy atom. The summed E-state index contributed by atoms with van der Waals surface area (Å²) in [5.41, 5.74) is -0.668. The summed E-state index contributed by atoms with van der Waals surface area (Å²) in [5.74, 6) is -1.92. The van der Waals surface area contributed by atoms with E-state index in [-0.39, 0.29) is 23.4 Å². The first-order valence-electron chi connectivity index (χ1n) is 8.29. The Kier molecular flexibility index (Phi) is 4.10. The van der Waals surface area contributed by atoms with Crippen LogP contribution >= 0.6 is 0 Å². The molecule has 138 valence electrons. The van der Waals surface area contributed by atoms with Gasteiger partial charge in [0.25, 0.3) is 5.56 Å². The van der Waals surface area contributed by atoms with Gasteiger partial charge in [0.2, 0.25) is 0 Å². The molecule has 5 nitrogen and oxygen atoms in total. The average Bonchev–Trinajstić information content (AvgIpc) is 2.60. The van der Waals surface area contributed by atoms with Crippen LogP contribution in [0.5, 0.6) is 0 Å². The molecule has 0 unspecified atom stereocenters. The Balaban J connectivity index is 1.77. The minimum absolute atomic E-state index is 0.186. The topological polar surface area (TPSA) is 66.9 Å². The molecule has 2 heterocycles. The summed E-state index contributed by atoms with van der Waals surface area (Å²) in [5, 5.41) is 3.04. The van der Waals surface area contributed by atoms with Crippen molar-refractivity contribution in [2.24, 2.45) is 0 Å². The minimum Gasteiger partial charge on any atom is -0.364 e. The van der Waals surface area contributed by atoms with Crippen molar-refractivity contribution in [1.82, 2.24) is 9.55 Å². The summed E-state index contributed by atoms with van der Waals surface area (Å²) in [6.45, 7) is 0. The summed E-state index contributed by atoms with van der Waals surface area (Å²) >= 11 is 0. The third-order valence-corrected chi connectivity index (χ3v) is 4.56. The van der Waals surface area contributed by atoms with Crippen LogP contribution in [0.25, 0.3) is 5.69 Å². The highest BCUT2D eigenvalue weighted by atomic mass is 19.1. The van der Waals surface area contributed by atoms with Crippen LogP contribution in [0.15, 0.2) is 52.1 Å². The lowest BCUT2D eigenvalue weighted by atomic mass is 9.96. The van der Waals surface area contributed by atoms with Gasteiger partial charge in [-0.3, -0.25) is 9.78 Å². The van der Waals surface area contributed by atoms with E-state index in [2.05, 4.69) is 10.3 Å². The van der Waals surface area contributed by atoms with Crippen molar-refractivity contribution >= 4 is 5.82 Å². The van der Waals surface area contributed by atoms with Crippen molar-refractivity contribution in [2.45, 2.75) is 18.9 Å². The molecule has 27 heavy (non-hydrogen) atoms. The molecule has 8 heteroatoms. The van der Waals surface area contributed by atoms with Gasteiger partial charge in [0.1, 0.15) is 23.3 Å². The average molecular weight is 373 g/mol. The van der Waals surface area contributed by atoms with Gasteiger partial charge >= 0.3 is 5.69 Å². The highest BCUT2D eigenvalue weighted by molar-refractivity contribution is 5.49. The van der Waals surface area contributed by atoms with Crippen LogP contribution in [0.2, 0.25) is 0 Å². The van der Waals surface area contributed by atoms with E-state index in [1.54, 1.807) is 12.1 Å². The van der Waals surface area contributed by atoms with E-state index in [1.165, 1.54) is 12.1 Å². The zero-order valence-electron chi connectivity index (χ0n) is 13.9.